The third kappa shape index (κ3) is 4.85. The Labute approximate surface area is 187 Å². The topological polar surface area (TPSA) is 89.7 Å². The fourth-order valence-corrected chi connectivity index (χ4v) is 3.83. The highest BCUT2D eigenvalue weighted by Gasteiger charge is 2.28. The standard InChI is InChI=1S/C24H28N4O4/c1-16(17-4-8-20(30-2)9-5-17)25-22(29)18-12-14-28(15-13-18)24-27-26-23(32-24)19-6-10-21(31-3)11-7-19/h4-11,16,18H,12-15H2,1-3H3,(H,25,29). The van der Waals surface area contributed by atoms with E-state index in [-0.39, 0.29) is 17.9 Å². The van der Waals surface area contributed by atoms with Crippen molar-refractivity contribution in [2.75, 3.05) is 32.2 Å². The maximum absolute atomic E-state index is 12.8. The van der Waals surface area contributed by atoms with E-state index in [1.807, 2.05) is 60.4 Å². The SMILES string of the molecule is COc1ccc(-c2nnc(N3CCC(C(=O)NC(C)c4ccc(OC)cc4)CC3)o2)cc1. The molecule has 1 aliphatic rings. The van der Waals surface area contributed by atoms with Crippen LogP contribution in [0.15, 0.2) is 52.9 Å². The Morgan fingerprint density at radius 2 is 1.59 bits per heavy atom. The van der Waals surface area contributed by atoms with Crippen LogP contribution < -0.4 is 19.7 Å². The van der Waals surface area contributed by atoms with Gasteiger partial charge in [0.15, 0.2) is 0 Å². The van der Waals surface area contributed by atoms with Gasteiger partial charge in [-0.3, -0.25) is 4.79 Å². The number of carbonyl (C=O) groups is 1. The second kappa shape index (κ2) is 9.72. The summed E-state index contributed by atoms with van der Waals surface area (Å²) in [6.07, 6.45) is 1.48. The summed E-state index contributed by atoms with van der Waals surface area (Å²) in [7, 11) is 3.27. The molecular weight excluding hydrogens is 408 g/mol. The number of piperidine rings is 1. The molecule has 1 aliphatic heterocycles. The lowest BCUT2D eigenvalue weighted by Crippen LogP contribution is -2.41. The molecule has 1 aromatic heterocycles. The third-order valence-electron chi connectivity index (χ3n) is 5.86. The van der Waals surface area contributed by atoms with E-state index in [1.54, 1.807) is 14.2 Å². The van der Waals surface area contributed by atoms with Gasteiger partial charge >= 0.3 is 6.01 Å². The molecule has 4 rings (SSSR count). The Bertz CT molecular complexity index is 1020. The van der Waals surface area contributed by atoms with Gasteiger partial charge in [0.05, 0.1) is 20.3 Å². The van der Waals surface area contributed by atoms with Crippen LogP contribution >= 0.6 is 0 Å². The molecule has 0 saturated carbocycles. The van der Waals surface area contributed by atoms with Crippen LogP contribution in [0.25, 0.3) is 11.5 Å². The molecule has 1 saturated heterocycles. The molecule has 0 aliphatic carbocycles. The monoisotopic (exact) mass is 436 g/mol. The highest BCUT2D eigenvalue weighted by Crippen LogP contribution is 2.27. The summed E-state index contributed by atoms with van der Waals surface area (Å²) in [5.41, 5.74) is 1.89. The van der Waals surface area contributed by atoms with Crippen LogP contribution in [0.2, 0.25) is 0 Å². The van der Waals surface area contributed by atoms with Crippen molar-refractivity contribution < 1.29 is 18.7 Å². The summed E-state index contributed by atoms with van der Waals surface area (Å²) in [5, 5.41) is 11.5. The maximum atomic E-state index is 12.8. The molecule has 1 atom stereocenters. The average Bonchev–Trinajstić information content (AvgIpc) is 3.34. The van der Waals surface area contributed by atoms with Crippen molar-refractivity contribution in [1.82, 2.24) is 15.5 Å². The Balaban J connectivity index is 1.30. The molecule has 0 spiro atoms. The number of anilines is 1. The second-order valence-electron chi connectivity index (χ2n) is 7.88. The summed E-state index contributed by atoms with van der Waals surface area (Å²) in [5.74, 6) is 2.09. The molecule has 8 heteroatoms. The van der Waals surface area contributed by atoms with Crippen LogP contribution in [0.5, 0.6) is 11.5 Å². The zero-order chi connectivity index (χ0) is 22.5. The molecule has 1 N–H and O–H groups in total. The van der Waals surface area contributed by atoms with Gasteiger partial charge in [0, 0.05) is 24.6 Å². The van der Waals surface area contributed by atoms with Gasteiger partial charge < -0.3 is 24.1 Å². The van der Waals surface area contributed by atoms with Gasteiger partial charge in [-0.05, 0) is 61.7 Å². The molecule has 168 valence electrons. The number of benzene rings is 2. The number of hydrogen-bond donors (Lipinski definition) is 1. The van der Waals surface area contributed by atoms with E-state index in [2.05, 4.69) is 15.5 Å². The molecule has 0 bridgehead atoms. The first-order valence-corrected chi connectivity index (χ1v) is 10.7. The summed E-state index contributed by atoms with van der Waals surface area (Å²) >= 11 is 0. The van der Waals surface area contributed by atoms with Crippen LogP contribution in [0.3, 0.4) is 0 Å². The van der Waals surface area contributed by atoms with Gasteiger partial charge in [-0.15, -0.1) is 5.10 Å². The van der Waals surface area contributed by atoms with Crippen LogP contribution in [-0.4, -0.2) is 43.4 Å². The van der Waals surface area contributed by atoms with E-state index in [9.17, 15) is 4.79 Å². The van der Waals surface area contributed by atoms with Gasteiger partial charge in [0.1, 0.15) is 11.5 Å². The number of nitrogens with one attached hydrogen (secondary N) is 1. The lowest BCUT2D eigenvalue weighted by Gasteiger charge is -2.30. The molecule has 1 amide bonds. The van der Waals surface area contributed by atoms with Crippen molar-refractivity contribution in [3.05, 3.63) is 54.1 Å². The van der Waals surface area contributed by atoms with E-state index < -0.39 is 0 Å². The number of carbonyl (C=O) groups excluding carboxylic acids is 1. The van der Waals surface area contributed by atoms with Gasteiger partial charge in [-0.25, -0.2) is 0 Å². The summed E-state index contributed by atoms with van der Waals surface area (Å²) in [6, 6.07) is 15.7. The van der Waals surface area contributed by atoms with Gasteiger partial charge in [-0.2, -0.15) is 0 Å². The van der Waals surface area contributed by atoms with E-state index >= 15 is 0 Å². The molecule has 2 heterocycles. The first kappa shape index (κ1) is 21.7. The second-order valence-corrected chi connectivity index (χ2v) is 7.88. The summed E-state index contributed by atoms with van der Waals surface area (Å²) in [6.45, 7) is 3.38. The lowest BCUT2D eigenvalue weighted by atomic mass is 9.95. The summed E-state index contributed by atoms with van der Waals surface area (Å²) < 4.78 is 16.2. The highest BCUT2D eigenvalue weighted by molar-refractivity contribution is 5.79. The van der Waals surface area contributed by atoms with Crippen molar-refractivity contribution >= 4 is 11.9 Å². The minimum Gasteiger partial charge on any atom is -0.497 e. The largest absolute Gasteiger partial charge is 0.497 e. The van der Waals surface area contributed by atoms with Crippen molar-refractivity contribution in [3.63, 3.8) is 0 Å². The molecule has 1 unspecified atom stereocenters. The van der Waals surface area contributed by atoms with Crippen LogP contribution in [0.4, 0.5) is 6.01 Å². The number of hydrogen-bond acceptors (Lipinski definition) is 7. The van der Waals surface area contributed by atoms with Crippen LogP contribution in [-0.2, 0) is 4.79 Å². The van der Waals surface area contributed by atoms with E-state index in [4.69, 9.17) is 13.9 Å². The fraction of sp³-hybridized carbons (Fsp3) is 0.375. The van der Waals surface area contributed by atoms with E-state index in [1.165, 1.54) is 0 Å². The van der Waals surface area contributed by atoms with Gasteiger partial charge in [0.25, 0.3) is 0 Å². The molecule has 1 fully saturated rings. The van der Waals surface area contributed by atoms with Crippen molar-refractivity contribution in [3.8, 4) is 23.0 Å². The zero-order valence-corrected chi connectivity index (χ0v) is 18.6. The molecule has 8 nitrogen and oxygen atoms in total. The van der Waals surface area contributed by atoms with Gasteiger partial charge in [-0.1, -0.05) is 17.2 Å². The predicted octanol–water partition coefficient (Wildman–Crippen LogP) is 3.85. The third-order valence-corrected chi connectivity index (χ3v) is 5.86. The number of amides is 1. The van der Waals surface area contributed by atoms with Gasteiger partial charge in [0.2, 0.25) is 11.8 Å². The fourth-order valence-electron chi connectivity index (χ4n) is 3.83. The lowest BCUT2D eigenvalue weighted by molar-refractivity contribution is -0.126. The van der Waals surface area contributed by atoms with Crippen molar-refractivity contribution in [2.24, 2.45) is 5.92 Å². The smallest absolute Gasteiger partial charge is 0.318 e. The Morgan fingerprint density at radius 3 is 2.19 bits per heavy atom. The molecule has 2 aromatic carbocycles. The summed E-state index contributed by atoms with van der Waals surface area (Å²) in [4.78, 5) is 14.8. The quantitative estimate of drug-likeness (QED) is 0.602. The predicted molar refractivity (Wildman–Crippen MR) is 121 cm³/mol. The number of nitrogens with zero attached hydrogens (tertiary/aromatic N) is 3. The molecule has 3 aromatic rings. The Morgan fingerprint density at radius 1 is 1.00 bits per heavy atom. The number of rotatable bonds is 7. The molecular formula is C24H28N4O4. The van der Waals surface area contributed by atoms with Crippen molar-refractivity contribution in [2.45, 2.75) is 25.8 Å². The van der Waals surface area contributed by atoms with E-state index in [0.29, 0.717) is 25.0 Å². The zero-order valence-electron chi connectivity index (χ0n) is 18.6. The minimum atomic E-state index is -0.0607. The number of methoxy groups -OCH3 is 2. The Kier molecular flexibility index (Phi) is 6.58. The highest BCUT2D eigenvalue weighted by atomic mass is 16.5. The normalized spacial score (nSPS) is 15.3. The minimum absolute atomic E-state index is 0.0315. The molecule has 32 heavy (non-hydrogen) atoms. The number of ether oxygens (including phenoxy) is 2. The first-order chi connectivity index (χ1) is 15.6. The molecule has 0 radical (unpaired) electrons. The van der Waals surface area contributed by atoms with Crippen LogP contribution in [0, 0.1) is 5.92 Å². The average molecular weight is 437 g/mol. The Hall–Kier alpha value is -3.55. The van der Waals surface area contributed by atoms with Crippen LogP contribution in [0.1, 0.15) is 31.4 Å². The van der Waals surface area contributed by atoms with Crippen molar-refractivity contribution in [1.29, 1.82) is 0 Å². The van der Waals surface area contributed by atoms with E-state index in [0.717, 1.165) is 35.5 Å². The first-order valence-electron chi connectivity index (χ1n) is 10.7. The number of aromatic nitrogens is 2. The maximum Gasteiger partial charge on any atom is 0.318 e.